The summed E-state index contributed by atoms with van der Waals surface area (Å²) in [6.45, 7) is 2.60. The van der Waals surface area contributed by atoms with Gasteiger partial charge in [0.05, 0.1) is 31.1 Å². The maximum atomic E-state index is 13.8. The normalized spacial score (nSPS) is 21.1. The van der Waals surface area contributed by atoms with Gasteiger partial charge in [-0.2, -0.15) is 0 Å². The first-order valence-electron chi connectivity index (χ1n) is 11.6. The van der Waals surface area contributed by atoms with Gasteiger partial charge in [0.25, 0.3) is 5.91 Å². The minimum Gasteiger partial charge on any atom is -0.504 e. The molecule has 2 aliphatic rings. The van der Waals surface area contributed by atoms with Gasteiger partial charge in [0.1, 0.15) is 11.7 Å². The number of carbonyl (C=O) groups excluding carboxylic acids is 2. The van der Waals surface area contributed by atoms with Crippen molar-refractivity contribution in [2.45, 2.75) is 25.5 Å². The van der Waals surface area contributed by atoms with E-state index in [9.17, 15) is 14.7 Å². The van der Waals surface area contributed by atoms with E-state index < -0.39 is 24.0 Å². The molecule has 2 saturated heterocycles. The summed E-state index contributed by atoms with van der Waals surface area (Å²) in [5.41, 5.74) is 1.74. The molecule has 0 aromatic heterocycles. The summed E-state index contributed by atoms with van der Waals surface area (Å²) in [5, 5.41) is 12.2. The zero-order chi connectivity index (χ0) is 25.4. The number of rotatable bonds is 7. The highest BCUT2D eigenvalue weighted by Crippen LogP contribution is 2.48. The predicted molar refractivity (Wildman–Crippen MR) is 134 cm³/mol. The van der Waals surface area contributed by atoms with Crippen LogP contribution in [0, 0.1) is 5.92 Å². The number of methoxy groups -OCH3 is 1. The molecule has 5 rings (SSSR count). The van der Waals surface area contributed by atoms with E-state index in [1.807, 2.05) is 6.92 Å². The smallest absolute Gasteiger partial charge is 0.266 e. The Morgan fingerprint density at radius 3 is 2.33 bits per heavy atom. The molecule has 0 bridgehead atoms. The van der Waals surface area contributed by atoms with Crippen LogP contribution in [0.1, 0.15) is 24.9 Å². The minimum absolute atomic E-state index is 0.0319. The molecule has 0 radical (unpaired) electrons. The van der Waals surface area contributed by atoms with Crippen molar-refractivity contribution in [3.8, 4) is 17.2 Å². The van der Waals surface area contributed by atoms with E-state index >= 15 is 0 Å². The zero-order valence-electron chi connectivity index (χ0n) is 19.8. The molecule has 9 heteroatoms. The Labute approximate surface area is 213 Å². The van der Waals surface area contributed by atoms with Gasteiger partial charge in [-0.1, -0.05) is 24.6 Å². The van der Waals surface area contributed by atoms with Crippen molar-refractivity contribution >= 4 is 34.8 Å². The monoisotopic (exact) mass is 508 g/mol. The highest BCUT2D eigenvalue weighted by atomic mass is 35.5. The molecule has 2 fully saturated rings. The fourth-order valence-electron chi connectivity index (χ4n) is 4.61. The number of imide groups is 1. The number of fused-ring (bicyclic) bond motifs is 1. The SMILES string of the molecule is CCCOc1ccc(N2C(=O)[C@H]3[C@H](ON(c4ccc(Cl)cc4)[C@H]3c3ccc(O)c(OC)c3)C2=O)cc1. The number of phenols is 1. The highest BCUT2D eigenvalue weighted by molar-refractivity contribution is 6.30. The Balaban J connectivity index is 1.52. The Morgan fingerprint density at radius 1 is 0.972 bits per heavy atom. The molecule has 0 spiro atoms. The van der Waals surface area contributed by atoms with Crippen LogP contribution < -0.4 is 19.4 Å². The van der Waals surface area contributed by atoms with Crippen molar-refractivity contribution < 1.29 is 29.0 Å². The predicted octanol–water partition coefficient (Wildman–Crippen LogP) is 4.89. The second kappa shape index (κ2) is 9.72. The molecule has 2 heterocycles. The van der Waals surface area contributed by atoms with Gasteiger partial charge in [0, 0.05) is 5.02 Å². The summed E-state index contributed by atoms with van der Waals surface area (Å²) in [6, 6.07) is 18.0. The molecule has 3 aromatic rings. The van der Waals surface area contributed by atoms with Gasteiger partial charge in [0.15, 0.2) is 17.6 Å². The number of carbonyl (C=O) groups is 2. The number of hydrogen-bond acceptors (Lipinski definition) is 7. The Morgan fingerprint density at radius 2 is 1.67 bits per heavy atom. The number of anilines is 2. The Kier molecular flexibility index (Phi) is 6.47. The van der Waals surface area contributed by atoms with Crippen molar-refractivity contribution in [2.24, 2.45) is 5.92 Å². The van der Waals surface area contributed by atoms with Crippen LogP contribution in [-0.2, 0) is 14.4 Å². The molecule has 2 amide bonds. The average molecular weight is 509 g/mol. The third-order valence-corrected chi connectivity index (χ3v) is 6.56. The topological polar surface area (TPSA) is 88.5 Å². The van der Waals surface area contributed by atoms with Crippen LogP contribution in [0.3, 0.4) is 0 Å². The van der Waals surface area contributed by atoms with Gasteiger partial charge >= 0.3 is 0 Å². The molecule has 2 aliphatic heterocycles. The van der Waals surface area contributed by atoms with Crippen LogP contribution in [-0.4, -0.2) is 36.7 Å². The molecule has 0 unspecified atom stereocenters. The van der Waals surface area contributed by atoms with E-state index in [4.69, 9.17) is 25.9 Å². The first-order valence-corrected chi connectivity index (χ1v) is 12.0. The standard InChI is InChI=1S/C27H25ClN2O6/c1-3-14-35-20-11-9-18(10-12-20)29-26(32)23-24(16-4-13-21(31)22(15-16)34-2)30(36-25(23)27(29)33)19-7-5-17(28)6-8-19/h4-13,15,23-25,31H,3,14H2,1-2H3/t23-,24+,25+/m1/s1. The number of aromatic hydroxyl groups is 1. The number of hydroxylamine groups is 1. The summed E-state index contributed by atoms with van der Waals surface area (Å²) in [4.78, 5) is 34.5. The second-order valence-corrected chi connectivity index (χ2v) is 9.02. The Bertz CT molecular complexity index is 1280. The van der Waals surface area contributed by atoms with Crippen molar-refractivity contribution in [3.63, 3.8) is 0 Å². The maximum absolute atomic E-state index is 13.8. The molecule has 8 nitrogen and oxygen atoms in total. The lowest BCUT2D eigenvalue weighted by atomic mass is 9.90. The Hall–Kier alpha value is -3.75. The van der Waals surface area contributed by atoms with E-state index in [1.54, 1.807) is 65.7 Å². The van der Waals surface area contributed by atoms with Gasteiger partial charge in [-0.05, 0) is 72.6 Å². The largest absolute Gasteiger partial charge is 0.504 e. The summed E-state index contributed by atoms with van der Waals surface area (Å²) >= 11 is 6.07. The fourth-order valence-corrected chi connectivity index (χ4v) is 4.74. The lowest BCUT2D eigenvalue weighted by Crippen LogP contribution is -2.37. The lowest BCUT2D eigenvalue weighted by molar-refractivity contribution is -0.126. The van der Waals surface area contributed by atoms with Gasteiger partial charge < -0.3 is 14.6 Å². The van der Waals surface area contributed by atoms with E-state index in [0.717, 1.165) is 6.42 Å². The second-order valence-electron chi connectivity index (χ2n) is 8.58. The molecule has 186 valence electrons. The van der Waals surface area contributed by atoms with E-state index in [2.05, 4.69) is 0 Å². The first-order chi connectivity index (χ1) is 17.4. The van der Waals surface area contributed by atoms with E-state index in [0.29, 0.717) is 34.3 Å². The summed E-state index contributed by atoms with van der Waals surface area (Å²) in [7, 11) is 1.45. The van der Waals surface area contributed by atoms with Crippen molar-refractivity contribution in [3.05, 3.63) is 77.3 Å². The lowest BCUT2D eigenvalue weighted by Gasteiger charge is -2.29. The van der Waals surface area contributed by atoms with Crippen LogP contribution in [0.5, 0.6) is 17.2 Å². The van der Waals surface area contributed by atoms with Crippen molar-refractivity contribution in [1.29, 1.82) is 0 Å². The van der Waals surface area contributed by atoms with Gasteiger partial charge in [-0.15, -0.1) is 0 Å². The number of ether oxygens (including phenoxy) is 2. The number of hydrogen-bond donors (Lipinski definition) is 1. The summed E-state index contributed by atoms with van der Waals surface area (Å²) < 4.78 is 10.9. The van der Waals surface area contributed by atoms with E-state index in [1.165, 1.54) is 18.1 Å². The molecule has 1 N–H and O–H groups in total. The third kappa shape index (κ3) is 4.12. The van der Waals surface area contributed by atoms with Crippen LogP contribution >= 0.6 is 11.6 Å². The minimum atomic E-state index is -1.02. The average Bonchev–Trinajstić information content (AvgIpc) is 3.39. The number of phenolic OH excluding ortho intramolecular Hbond substituents is 1. The van der Waals surface area contributed by atoms with Crippen LogP contribution in [0.25, 0.3) is 0 Å². The molecule has 3 atom stereocenters. The van der Waals surface area contributed by atoms with Crippen LogP contribution in [0.15, 0.2) is 66.7 Å². The molecular weight excluding hydrogens is 484 g/mol. The van der Waals surface area contributed by atoms with E-state index in [-0.39, 0.29) is 17.4 Å². The number of amides is 2. The number of halogens is 1. The fraction of sp³-hybridized carbons (Fsp3) is 0.259. The molecule has 3 aromatic carbocycles. The number of benzene rings is 3. The van der Waals surface area contributed by atoms with Gasteiger partial charge in [0.2, 0.25) is 5.91 Å². The molecule has 0 aliphatic carbocycles. The molecule has 36 heavy (non-hydrogen) atoms. The van der Waals surface area contributed by atoms with Crippen molar-refractivity contribution in [2.75, 3.05) is 23.7 Å². The molecular formula is C27H25ClN2O6. The van der Waals surface area contributed by atoms with Gasteiger partial charge in [-0.25, -0.2) is 9.96 Å². The van der Waals surface area contributed by atoms with Crippen LogP contribution in [0.2, 0.25) is 5.02 Å². The first kappa shape index (κ1) is 24.0. The molecule has 0 saturated carbocycles. The zero-order valence-corrected chi connectivity index (χ0v) is 20.5. The van der Waals surface area contributed by atoms with Crippen molar-refractivity contribution in [1.82, 2.24) is 0 Å². The quantitative estimate of drug-likeness (QED) is 0.454. The highest BCUT2D eigenvalue weighted by Gasteiger charge is 2.60. The maximum Gasteiger partial charge on any atom is 0.266 e. The van der Waals surface area contributed by atoms with Crippen LogP contribution in [0.4, 0.5) is 11.4 Å². The van der Waals surface area contributed by atoms with Gasteiger partial charge in [-0.3, -0.25) is 14.4 Å². The summed E-state index contributed by atoms with van der Waals surface area (Å²) in [6.07, 6.45) is -0.145. The number of nitrogens with zero attached hydrogens (tertiary/aromatic N) is 2. The summed E-state index contributed by atoms with van der Waals surface area (Å²) in [5.74, 6) is -0.753. The third-order valence-electron chi connectivity index (χ3n) is 6.31.